The molecule has 8 nitrogen and oxygen atoms in total. The van der Waals surface area contributed by atoms with Crippen molar-refractivity contribution >= 4 is 26.0 Å². The molecule has 1 fully saturated rings. The smallest absolute Gasteiger partial charge is 0.306 e. The highest BCUT2D eigenvalue weighted by molar-refractivity contribution is 7.90. The standard InChI is InChI=1S/C14H20N2O6S2/c17-14(18)12-6-9-16(10-7-12)23(19,20)11-8-15-24(21,22)13-4-2-1-3-5-13/h1-5,12,15H,6-11H2,(H,17,18). The third kappa shape index (κ3) is 4.76. The molecule has 1 aliphatic heterocycles. The first-order valence-corrected chi connectivity index (χ1v) is 10.6. The summed E-state index contributed by atoms with van der Waals surface area (Å²) in [4.78, 5) is 11.0. The fraction of sp³-hybridized carbons (Fsp3) is 0.500. The van der Waals surface area contributed by atoms with E-state index in [-0.39, 0.29) is 43.1 Å². The van der Waals surface area contributed by atoms with Gasteiger partial charge in [-0.3, -0.25) is 4.79 Å². The zero-order valence-electron chi connectivity index (χ0n) is 13.0. The molecule has 1 aromatic carbocycles. The molecule has 0 saturated carbocycles. The summed E-state index contributed by atoms with van der Waals surface area (Å²) in [6.07, 6.45) is 0.536. The monoisotopic (exact) mass is 376 g/mol. The van der Waals surface area contributed by atoms with Crippen molar-refractivity contribution < 1.29 is 26.7 Å². The van der Waals surface area contributed by atoms with Gasteiger partial charge in [0, 0.05) is 19.6 Å². The number of hydrogen-bond donors (Lipinski definition) is 2. The first-order chi connectivity index (χ1) is 11.2. The SMILES string of the molecule is O=C(O)C1CCN(S(=O)(=O)CCNS(=O)(=O)c2ccccc2)CC1. The third-order valence-corrected chi connectivity index (χ3v) is 7.25. The fourth-order valence-corrected chi connectivity index (χ4v) is 5.07. The average Bonchev–Trinajstić information content (AvgIpc) is 2.55. The Morgan fingerprint density at radius 1 is 1.12 bits per heavy atom. The highest BCUT2D eigenvalue weighted by Crippen LogP contribution is 2.19. The number of nitrogens with one attached hydrogen (secondary N) is 1. The van der Waals surface area contributed by atoms with Crippen LogP contribution in [0.4, 0.5) is 0 Å². The molecule has 0 spiro atoms. The summed E-state index contributed by atoms with van der Waals surface area (Å²) in [5, 5.41) is 8.92. The van der Waals surface area contributed by atoms with Crippen LogP contribution in [0.15, 0.2) is 35.2 Å². The Balaban J connectivity index is 1.89. The van der Waals surface area contributed by atoms with Crippen LogP contribution in [0.2, 0.25) is 0 Å². The van der Waals surface area contributed by atoms with Crippen molar-refractivity contribution in [3.8, 4) is 0 Å². The number of carboxylic acids is 1. The molecule has 10 heteroatoms. The molecule has 0 amide bonds. The van der Waals surface area contributed by atoms with E-state index in [2.05, 4.69) is 4.72 Å². The van der Waals surface area contributed by atoms with Gasteiger partial charge in [0.25, 0.3) is 0 Å². The van der Waals surface area contributed by atoms with Crippen LogP contribution in [-0.2, 0) is 24.8 Å². The summed E-state index contributed by atoms with van der Waals surface area (Å²) in [6, 6.07) is 7.70. The minimum Gasteiger partial charge on any atom is -0.481 e. The molecule has 0 bridgehead atoms. The van der Waals surface area contributed by atoms with Crippen LogP contribution >= 0.6 is 0 Å². The van der Waals surface area contributed by atoms with E-state index in [0.29, 0.717) is 0 Å². The van der Waals surface area contributed by atoms with Crippen molar-refractivity contribution in [2.75, 3.05) is 25.4 Å². The summed E-state index contributed by atoms with van der Waals surface area (Å²) in [6.45, 7) is 0.0495. The second-order valence-electron chi connectivity index (χ2n) is 5.54. The van der Waals surface area contributed by atoms with Gasteiger partial charge in [0.1, 0.15) is 0 Å². The van der Waals surface area contributed by atoms with Crippen molar-refractivity contribution in [2.45, 2.75) is 17.7 Å². The van der Waals surface area contributed by atoms with Crippen LogP contribution in [0.25, 0.3) is 0 Å². The zero-order chi connectivity index (χ0) is 17.8. The van der Waals surface area contributed by atoms with Gasteiger partial charge in [-0.05, 0) is 25.0 Å². The summed E-state index contributed by atoms with van der Waals surface area (Å²) >= 11 is 0. The van der Waals surface area contributed by atoms with Gasteiger partial charge in [-0.1, -0.05) is 18.2 Å². The second-order valence-corrected chi connectivity index (χ2v) is 9.39. The van der Waals surface area contributed by atoms with Crippen LogP contribution in [0.1, 0.15) is 12.8 Å². The van der Waals surface area contributed by atoms with Crippen LogP contribution in [-0.4, -0.2) is 57.6 Å². The van der Waals surface area contributed by atoms with Crippen LogP contribution in [0.3, 0.4) is 0 Å². The number of carboxylic acid groups (broad SMARTS) is 1. The molecule has 24 heavy (non-hydrogen) atoms. The van der Waals surface area contributed by atoms with Gasteiger partial charge in [-0.15, -0.1) is 0 Å². The van der Waals surface area contributed by atoms with E-state index in [1.54, 1.807) is 18.2 Å². The van der Waals surface area contributed by atoms with Crippen molar-refractivity contribution in [3.05, 3.63) is 30.3 Å². The molecule has 1 aliphatic rings. The molecule has 1 heterocycles. The van der Waals surface area contributed by atoms with Gasteiger partial charge in [0.05, 0.1) is 16.6 Å². The van der Waals surface area contributed by atoms with E-state index >= 15 is 0 Å². The predicted molar refractivity (Wildman–Crippen MR) is 87.4 cm³/mol. The van der Waals surface area contributed by atoms with Crippen LogP contribution in [0.5, 0.6) is 0 Å². The van der Waals surface area contributed by atoms with Crippen LogP contribution < -0.4 is 4.72 Å². The molecule has 0 atom stereocenters. The van der Waals surface area contributed by atoms with Gasteiger partial charge in [0.2, 0.25) is 20.0 Å². The number of piperidine rings is 1. The molecule has 2 N–H and O–H groups in total. The number of carbonyl (C=O) groups is 1. The van der Waals surface area contributed by atoms with E-state index in [1.165, 1.54) is 16.4 Å². The van der Waals surface area contributed by atoms with E-state index in [4.69, 9.17) is 5.11 Å². The maximum absolute atomic E-state index is 12.2. The van der Waals surface area contributed by atoms with E-state index in [9.17, 15) is 21.6 Å². The number of hydrogen-bond acceptors (Lipinski definition) is 5. The second kappa shape index (κ2) is 7.60. The minimum absolute atomic E-state index is 0.0738. The Kier molecular flexibility index (Phi) is 5.97. The molecule has 134 valence electrons. The quantitative estimate of drug-likeness (QED) is 0.696. The molecule has 1 saturated heterocycles. The summed E-state index contributed by atoms with van der Waals surface area (Å²) in [7, 11) is -7.37. The summed E-state index contributed by atoms with van der Waals surface area (Å²) in [5.74, 6) is -1.80. The van der Waals surface area contributed by atoms with Crippen molar-refractivity contribution in [2.24, 2.45) is 5.92 Å². The lowest BCUT2D eigenvalue weighted by Gasteiger charge is -2.29. The first kappa shape index (κ1) is 18.8. The molecule has 0 radical (unpaired) electrons. The van der Waals surface area contributed by atoms with E-state index < -0.39 is 31.9 Å². The molecule has 0 aliphatic carbocycles. The molecule has 0 unspecified atom stereocenters. The Morgan fingerprint density at radius 3 is 2.25 bits per heavy atom. The number of nitrogens with zero attached hydrogens (tertiary/aromatic N) is 1. The fourth-order valence-electron chi connectivity index (χ4n) is 2.50. The maximum Gasteiger partial charge on any atom is 0.306 e. The van der Waals surface area contributed by atoms with Crippen molar-refractivity contribution in [3.63, 3.8) is 0 Å². The van der Waals surface area contributed by atoms with Gasteiger partial charge >= 0.3 is 5.97 Å². The van der Waals surface area contributed by atoms with E-state index in [0.717, 1.165) is 0 Å². The normalized spacial score (nSPS) is 17.7. The molecule has 0 aromatic heterocycles. The average molecular weight is 376 g/mol. The van der Waals surface area contributed by atoms with Gasteiger partial charge in [-0.2, -0.15) is 0 Å². The van der Waals surface area contributed by atoms with Crippen molar-refractivity contribution in [1.82, 2.24) is 9.03 Å². The molecular formula is C14H20N2O6S2. The Labute approximate surface area is 141 Å². The third-order valence-electron chi connectivity index (χ3n) is 3.90. The Hall–Kier alpha value is -1.49. The topological polar surface area (TPSA) is 121 Å². The van der Waals surface area contributed by atoms with Gasteiger partial charge < -0.3 is 5.11 Å². The lowest BCUT2D eigenvalue weighted by molar-refractivity contribution is -0.142. The van der Waals surface area contributed by atoms with E-state index in [1.807, 2.05) is 0 Å². The van der Waals surface area contributed by atoms with Gasteiger partial charge in [0.15, 0.2) is 0 Å². The summed E-state index contributed by atoms with van der Waals surface area (Å²) < 4.78 is 52.0. The first-order valence-electron chi connectivity index (χ1n) is 7.48. The molecule has 2 rings (SSSR count). The zero-order valence-corrected chi connectivity index (χ0v) is 14.6. The highest BCUT2D eigenvalue weighted by atomic mass is 32.2. The lowest BCUT2D eigenvalue weighted by Crippen LogP contribution is -2.43. The number of rotatable bonds is 7. The maximum atomic E-state index is 12.2. The Bertz CT molecular complexity index is 769. The summed E-state index contributed by atoms with van der Waals surface area (Å²) in [5.41, 5.74) is 0. The van der Waals surface area contributed by atoms with Crippen molar-refractivity contribution in [1.29, 1.82) is 0 Å². The highest BCUT2D eigenvalue weighted by Gasteiger charge is 2.30. The number of benzene rings is 1. The molecule has 1 aromatic rings. The number of aliphatic carboxylic acids is 1. The number of sulfonamides is 2. The molecular weight excluding hydrogens is 356 g/mol. The lowest BCUT2D eigenvalue weighted by atomic mass is 9.99. The minimum atomic E-state index is -3.74. The largest absolute Gasteiger partial charge is 0.481 e. The Morgan fingerprint density at radius 2 is 1.71 bits per heavy atom. The predicted octanol–water partition coefficient (Wildman–Crippen LogP) is 0.0913. The van der Waals surface area contributed by atoms with Crippen LogP contribution in [0, 0.1) is 5.92 Å². The van der Waals surface area contributed by atoms with Gasteiger partial charge in [-0.25, -0.2) is 25.9 Å².